The van der Waals surface area contributed by atoms with Gasteiger partial charge in [-0.25, -0.2) is 4.39 Å². The molecule has 0 unspecified atom stereocenters. The van der Waals surface area contributed by atoms with Gasteiger partial charge in [-0.2, -0.15) is 0 Å². The van der Waals surface area contributed by atoms with E-state index in [4.69, 9.17) is 11.6 Å². The highest BCUT2D eigenvalue weighted by Gasteiger charge is 2.31. The van der Waals surface area contributed by atoms with Crippen LogP contribution in [0.1, 0.15) is 44.1 Å². The van der Waals surface area contributed by atoms with Gasteiger partial charge in [0.2, 0.25) is 11.8 Å². The number of carbonyl (C=O) groups is 2. The number of hydrogen-bond donors (Lipinski definition) is 1. The minimum atomic E-state index is -0.462. The maximum Gasteiger partial charge on any atom is 0.225 e. The van der Waals surface area contributed by atoms with E-state index in [1.165, 1.54) is 12.1 Å². The van der Waals surface area contributed by atoms with Crippen LogP contribution in [0.25, 0.3) is 0 Å². The highest BCUT2D eigenvalue weighted by atomic mass is 35.5. The molecule has 2 fully saturated rings. The van der Waals surface area contributed by atoms with Crippen molar-refractivity contribution in [3.8, 4) is 0 Å². The van der Waals surface area contributed by atoms with Crippen LogP contribution in [-0.2, 0) is 16.1 Å². The molecule has 1 heterocycles. The predicted molar refractivity (Wildman–Crippen MR) is 94.5 cm³/mol. The van der Waals surface area contributed by atoms with Crippen molar-refractivity contribution in [2.45, 2.75) is 45.1 Å². The molecule has 0 spiro atoms. The van der Waals surface area contributed by atoms with E-state index in [2.05, 4.69) is 5.32 Å². The van der Waals surface area contributed by atoms with Gasteiger partial charge in [-0.1, -0.05) is 30.5 Å². The number of nitrogens with zero attached hydrogens (tertiary/aromatic N) is 1. The molecule has 1 saturated carbocycles. The zero-order valence-electron chi connectivity index (χ0n) is 14.3. The quantitative estimate of drug-likeness (QED) is 0.886. The molecular weight excluding hydrogens is 343 g/mol. The van der Waals surface area contributed by atoms with Gasteiger partial charge in [0.1, 0.15) is 5.82 Å². The third-order valence-electron chi connectivity index (χ3n) is 5.33. The smallest absolute Gasteiger partial charge is 0.225 e. The maximum atomic E-state index is 13.2. The number of halogens is 2. The second-order valence-corrected chi connectivity index (χ2v) is 7.45. The fourth-order valence-electron chi connectivity index (χ4n) is 3.78. The van der Waals surface area contributed by atoms with E-state index in [0.717, 1.165) is 31.2 Å². The van der Waals surface area contributed by atoms with Gasteiger partial charge in [-0.3, -0.25) is 9.59 Å². The molecule has 6 heteroatoms. The summed E-state index contributed by atoms with van der Waals surface area (Å²) >= 11 is 5.75. The van der Waals surface area contributed by atoms with Gasteiger partial charge in [-0.05, 0) is 43.4 Å². The summed E-state index contributed by atoms with van der Waals surface area (Å²) in [4.78, 5) is 26.7. The van der Waals surface area contributed by atoms with Crippen LogP contribution in [0.4, 0.5) is 4.39 Å². The first-order chi connectivity index (χ1) is 12.0. The van der Waals surface area contributed by atoms with Gasteiger partial charge in [0.05, 0.1) is 5.02 Å². The lowest BCUT2D eigenvalue weighted by atomic mass is 9.94. The van der Waals surface area contributed by atoms with Crippen molar-refractivity contribution < 1.29 is 14.0 Å². The minimum absolute atomic E-state index is 0.00610. The van der Waals surface area contributed by atoms with Crippen LogP contribution in [0.2, 0.25) is 5.02 Å². The summed E-state index contributed by atoms with van der Waals surface area (Å²) in [6.07, 6.45) is 5.74. The molecule has 1 aliphatic carbocycles. The van der Waals surface area contributed by atoms with E-state index in [9.17, 15) is 14.0 Å². The van der Waals surface area contributed by atoms with Crippen molar-refractivity contribution in [1.29, 1.82) is 0 Å². The third-order valence-corrected chi connectivity index (χ3v) is 5.62. The van der Waals surface area contributed by atoms with Crippen molar-refractivity contribution in [3.63, 3.8) is 0 Å². The summed E-state index contributed by atoms with van der Waals surface area (Å²) in [7, 11) is 0. The number of piperidine rings is 1. The van der Waals surface area contributed by atoms with Crippen LogP contribution in [0.3, 0.4) is 0 Å². The van der Waals surface area contributed by atoms with E-state index < -0.39 is 5.82 Å². The summed E-state index contributed by atoms with van der Waals surface area (Å²) in [6.45, 7) is 1.66. The fourth-order valence-corrected chi connectivity index (χ4v) is 3.98. The highest BCUT2D eigenvalue weighted by molar-refractivity contribution is 6.30. The third kappa shape index (κ3) is 4.51. The van der Waals surface area contributed by atoms with Crippen molar-refractivity contribution in [2.75, 3.05) is 13.1 Å². The largest absolute Gasteiger partial charge is 0.352 e. The standard InChI is InChI=1S/C19H24ClFN2O2/c20-16-11-13(5-6-17(16)21)12-22-18(24)14-7-9-23(10-8-14)19(25)15-3-1-2-4-15/h5-6,11,14-15H,1-4,7-10,12H2,(H,22,24). The molecule has 136 valence electrons. The molecule has 0 aromatic heterocycles. The number of amides is 2. The Hall–Kier alpha value is -1.62. The Bertz CT molecular complexity index is 638. The van der Waals surface area contributed by atoms with E-state index in [0.29, 0.717) is 32.5 Å². The summed E-state index contributed by atoms with van der Waals surface area (Å²) in [5.41, 5.74) is 0.772. The molecule has 4 nitrogen and oxygen atoms in total. The predicted octanol–water partition coefficient (Wildman–Crippen LogP) is 3.52. The Balaban J connectivity index is 1.44. The SMILES string of the molecule is O=C(NCc1ccc(F)c(Cl)c1)C1CCN(C(=O)C2CCCC2)CC1. The van der Waals surface area contributed by atoms with Gasteiger partial charge in [0, 0.05) is 31.5 Å². The molecule has 1 aromatic carbocycles. The Morgan fingerprint density at radius 2 is 1.80 bits per heavy atom. The topological polar surface area (TPSA) is 49.4 Å². The summed E-state index contributed by atoms with van der Waals surface area (Å²) in [5.74, 6) is -0.0566. The van der Waals surface area contributed by atoms with Crippen molar-refractivity contribution >= 4 is 23.4 Å². The molecule has 1 saturated heterocycles. The molecule has 2 aliphatic rings. The number of carbonyl (C=O) groups excluding carboxylic acids is 2. The Labute approximate surface area is 152 Å². The molecule has 0 radical (unpaired) electrons. The Kier molecular flexibility index (Phi) is 5.94. The number of likely N-dealkylation sites (tertiary alicyclic amines) is 1. The average Bonchev–Trinajstić information content (AvgIpc) is 3.16. The van der Waals surface area contributed by atoms with Crippen LogP contribution in [0.5, 0.6) is 0 Å². The molecule has 25 heavy (non-hydrogen) atoms. The first-order valence-corrected chi connectivity index (χ1v) is 9.43. The molecule has 1 aromatic rings. The van der Waals surface area contributed by atoms with Gasteiger partial charge in [0.15, 0.2) is 0 Å². The van der Waals surface area contributed by atoms with Crippen molar-refractivity contribution in [2.24, 2.45) is 11.8 Å². The first-order valence-electron chi connectivity index (χ1n) is 9.05. The van der Waals surface area contributed by atoms with E-state index >= 15 is 0 Å². The second kappa shape index (κ2) is 8.17. The summed E-state index contributed by atoms with van der Waals surface area (Å²) in [6, 6.07) is 4.45. The second-order valence-electron chi connectivity index (χ2n) is 7.05. The molecule has 1 aliphatic heterocycles. The monoisotopic (exact) mass is 366 g/mol. The first kappa shape index (κ1) is 18.2. The van der Waals surface area contributed by atoms with Gasteiger partial charge in [-0.15, -0.1) is 0 Å². The molecule has 0 atom stereocenters. The van der Waals surface area contributed by atoms with Gasteiger partial charge >= 0.3 is 0 Å². The van der Waals surface area contributed by atoms with Crippen LogP contribution in [0, 0.1) is 17.7 Å². The molecular formula is C19H24ClFN2O2. The lowest BCUT2D eigenvalue weighted by Gasteiger charge is -2.33. The van der Waals surface area contributed by atoms with Crippen LogP contribution in [-0.4, -0.2) is 29.8 Å². The van der Waals surface area contributed by atoms with Crippen molar-refractivity contribution in [3.05, 3.63) is 34.6 Å². The van der Waals surface area contributed by atoms with E-state index in [-0.39, 0.29) is 28.7 Å². The highest BCUT2D eigenvalue weighted by Crippen LogP contribution is 2.28. The molecule has 1 N–H and O–H groups in total. The Morgan fingerprint density at radius 1 is 1.12 bits per heavy atom. The molecule has 2 amide bonds. The number of hydrogen-bond acceptors (Lipinski definition) is 2. The van der Waals surface area contributed by atoms with Gasteiger partial charge < -0.3 is 10.2 Å². The summed E-state index contributed by atoms with van der Waals surface area (Å²) < 4.78 is 13.2. The molecule has 3 rings (SSSR count). The van der Waals surface area contributed by atoms with Crippen molar-refractivity contribution in [1.82, 2.24) is 10.2 Å². The Morgan fingerprint density at radius 3 is 2.44 bits per heavy atom. The number of nitrogens with one attached hydrogen (secondary N) is 1. The zero-order chi connectivity index (χ0) is 17.8. The van der Waals surface area contributed by atoms with E-state index in [1.807, 2.05) is 4.90 Å². The lowest BCUT2D eigenvalue weighted by molar-refractivity contribution is -0.139. The average molecular weight is 367 g/mol. The molecule has 0 bridgehead atoms. The van der Waals surface area contributed by atoms with Crippen LogP contribution >= 0.6 is 11.6 Å². The van der Waals surface area contributed by atoms with E-state index in [1.54, 1.807) is 6.07 Å². The number of benzene rings is 1. The van der Waals surface area contributed by atoms with Crippen LogP contribution < -0.4 is 5.32 Å². The number of rotatable bonds is 4. The van der Waals surface area contributed by atoms with Gasteiger partial charge in [0.25, 0.3) is 0 Å². The van der Waals surface area contributed by atoms with Crippen LogP contribution in [0.15, 0.2) is 18.2 Å². The normalized spacial score (nSPS) is 19.2. The minimum Gasteiger partial charge on any atom is -0.352 e. The fraction of sp³-hybridized carbons (Fsp3) is 0.579. The zero-order valence-corrected chi connectivity index (χ0v) is 15.0. The maximum absolute atomic E-state index is 13.2. The summed E-state index contributed by atoms with van der Waals surface area (Å²) in [5, 5.41) is 2.95. The lowest BCUT2D eigenvalue weighted by Crippen LogP contribution is -2.44.